The van der Waals surface area contributed by atoms with E-state index in [2.05, 4.69) is 5.32 Å². The average molecular weight is 218 g/mol. The molecule has 0 aliphatic rings. The number of hydrogen-bond acceptors (Lipinski definition) is 4. The van der Waals surface area contributed by atoms with Crippen LogP contribution in [0.4, 0.5) is 0 Å². The molecule has 0 aromatic carbocycles. The molecule has 4 N–H and O–H groups in total. The number of nitrogens with two attached hydrogens (primary N) is 1. The highest BCUT2D eigenvalue weighted by Crippen LogP contribution is 1.94. The van der Waals surface area contributed by atoms with Gasteiger partial charge in [-0.15, -0.1) is 0 Å². The third-order valence-electron chi connectivity index (χ3n) is 1.99. The van der Waals surface area contributed by atoms with Gasteiger partial charge in [-0.1, -0.05) is 6.92 Å². The molecule has 0 radical (unpaired) electrons. The van der Waals surface area contributed by atoms with E-state index in [0.717, 1.165) is 0 Å². The van der Waals surface area contributed by atoms with Crippen LogP contribution >= 0.6 is 0 Å². The van der Waals surface area contributed by atoms with Crippen LogP contribution in [0.5, 0.6) is 0 Å². The summed E-state index contributed by atoms with van der Waals surface area (Å²) in [5.41, 5.74) is 5.52. The number of carboxylic acids is 1. The van der Waals surface area contributed by atoms with E-state index >= 15 is 0 Å². The lowest BCUT2D eigenvalue weighted by Crippen LogP contribution is -2.48. The monoisotopic (exact) mass is 218 g/mol. The molecule has 15 heavy (non-hydrogen) atoms. The number of hydrogen-bond donors (Lipinski definition) is 3. The zero-order valence-electron chi connectivity index (χ0n) is 9.03. The lowest BCUT2D eigenvalue weighted by atomic mass is 10.1. The van der Waals surface area contributed by atoms with Gasteiger partial charge in [-0.25, -0.2) is 4.79 Å². The van der Waals surface area contributed by atoms with Crippen molar-refractivity contribution >= 4 is 11.9 Å². The van der Waals surface area contributed by atoms with Crippen molar-refractivity contribution in [1.82, 2.24) is 5.32 Å². The van der Waals surface area contributed by atoms with E-state index in [1.807, 2.05) is 0 Å². The number of carbonyl (C=O) groups is 2. The molecule has 0 aliphatic carbocycles. The zero-order chi connectivity index (χ0) is 11.8. The average Bonchev–Trinajstić information content (AvgIpc) is 2.21. The van der Waals surface area contributed by atoms with E-state index in [4.69, 9.17) is 15.6 Å². The predicted octanol–water partition coefficient (Wildman–Crippen LogP) is -0.670. The second-order valence-electron chi connectivity index (χ2n) is 3.20. The molecule has 0 spiro atoms. The molecule has 1 amide bonds. The van der Waals surface area contributed by atoms with E-state index in [-0.39, 0.29) is 0 Å². The minimum Gasteiger partial charge on any atom is -0.480 e. The van der Waals surface area contributed by atoms with E-state index in [9.17, 15) is 9.59 Å². The minimum absolute atomic E-state index is 0.331. The minimum atomic E-state index is -1.05. The first-order valence-electron chi connectivity index (χ1n) is 4.80. The molecule has 0 rings (SSSR count). The van der Waals surface area contributed by atoms with E-state index in [0.29, 0.717) is 19.4 Å². The molecule has 0 bridgehead atoms. The van der Waals surface area contributed by atoms with Gasteiger partial charge in [-0.2, -0.15) is 0 Å². The molecule has 0 heterocycles. The van der Waals surface area contributed by atoms with Crippen molar-refractivity contribution in [3.63, 3.8) is 0 Å². The summed E-state index contributed by atoms with van der Waals surface area (Å²) in [6.07, 6.45) is 0.705. The van der Waals surface area contributed by atoms with Crippen molar-refractivity contribution in [2.75, 3.05) is 13.7 Å². The summed E-state index contributed by atoms with van der Waals surface area (Å²) < 4.78 is 4.77. The maximum Gasteiger partial charge on any atom is 0.326 e. The van der Waals surface area contributed by atoms with Crippen LogP contribution in [-0.4, -0.2) is 42.8 Å². The van der Waals surface area contributed by atoms with Crippen LogP contribution in [0.3, 0.4) is 0 Å². The third kappa shape index (κ3) is 5.34. The molecule has 0 aromatic heterocycles. The first-order valence-corrected chi connectivity index (χ1v) is 4.80. The maximum atomic E-state index is 11.4. The van der Waals surface area contributed by atoms with Crippen molar-refractivity contribution in [2.24, 2.45) is 5.73 Å². The van der Waals surface area contributed by atoms with Crippen LogP contribution in [0.2, 0.25) is 0 Å². The Morgan fingerprint density at radius 2 is 2.13 bits per heavy atom. The number of carbonyl (C=O) groups excluding carboxylic acids is 1. The SMILES string of the molecule is CC[C@@H](NC(=O)C(N)CCOC)C(=O)O. The van der Waals surface area contributed by atoms with Crippen molar-refractivity contribution in [1.29, 1.82) is 0 Å². The van der Waals surface area contributed by atoms with Crippen LogP contribution in [0.25, 0.3) is 0 Å². The Hall–Kier alpha value is -1.14. The number of methoxy groups -OCH3 is 1. The lowest BCUT2D eigenvalue weighted by molar-refractivity contribution is -0.142. The quantitative estimate of drug-likeness (QED) is 0.526. The highest BCUT2D eigenvalue weighted by Gasteiger charge is 2.21. The summed E-state index contributed by atoms with van der Waals surface area (Å²) >= 11 is 0. The molecule has 6 heteroatoms. The standard InChI is InChI=1S/C9H18N2O4/c1-3-7(9(13)14)11-8(12)6(10)4-5-15-2/h6-7H,3-5,10H2,1-2H3,(H,11,12)(H,13,14)/t6?,7-/m1/s1. The fourth-order valence-corrected chi connectivity index (χ4v) is 0.993. The second-order valence-corrected chi connectivity index (χ2v) is 3.20. The lowest BCUT2D eigenvalue weighted by Gasteiger charge is -2.16. The van der Waals surface area contributed by atoms with Crippen molar-refractivity contribution in [3.8, 4) is 0 Å². The van der Waals surface area contributed by atoms with E-state index in [1.54, 1.807) is 6.92 Å². The highest BCUT2D eigenvalue weighted by atomic mass is 16.5. The molecule has 88 valence electrons. The van der Waals surface area contributed by atoms with Crippen molar-refractivity contribution in [3.05, 3.63) is 0 Å². The van der Waals surface area contributed by atoms with Crippen LogP contribution in [0.15, 0.2) is 0 Å². The number of ether oxygens (including phenoxy) is 1. The summed E-state index contributed by atoms with van der Waals surface area (Å²) in [6.45, 7) is 2.05. The van der Waals surface area contributed by atoms with Crippen LogP contribution < -0.4 is 11.1 Å². The highest BCUT2D eigenvalue weighted by molar-refractivity contribution is 5.86. The van der Waals surface area contributed by atoms with Crippen LogP contribution in [0, 0.1) is 0 Å². The summed E-state index contributed by atoms with van der Waals surface area (Å²) in [7, 11) is 1.51. The second kappa shape index (κ2) is 7.19. The summed E-state index contributed by atoms with van der Waals surface area (Å²) in [6, 6.07) is -1.59. The van der Waals surface area contributed by atoms with Gasteiger partial charge in [0.2, 0.25) is 5.91 Å². The largest absolute Gasteiger partial charge is 0.480 e. The van der Waals surface area contributed by atoms with Crippen LogP contribution in [0.1, 0.15) is 19.8 Å². The fraction of sp³-hybridized carbons (Fsp3) is 0.778. The smallest absolute Gasteiger partial charge is 0.326 e. The molecule has 1 unspecified atom stereocenters. The molecule has 0 saturated carbocycles. The Morgan fingerprint density at radius 3 is 2.53 bits per heavy atom. The number of aliphatic carboxylic acids is 1. The molecule has 6 nitrogen and oxygen atoms in total. The van der Waals surface area contributed by atoms with Crippen molar-refractivity contribution in [2.45, 2.75) is 31.8 Å². The van der Waals surface area contributed by atoms with Gasteiger partial charge in [0.25, 0.3) is 0 Å². The number of nitrogens with one attached hydrogen (secondary N) is 1. The molecular weight excluding hydrogens is 200 g/mol. The zero-order valence-corrected chi connectivity index (χ0v) is 9.03. The Morgan fingerprint density at radius 1 is 1.53 bits per heavy atom. The van der Waals surface area contributed by atoms with E-state index in [1.165, 1.54) is 7.11 Å². The maximum absolute atomic E-state index is 11.4. The van der Waals surface area contributed by atoms with Gasteiger partial charge in [0, 0.05) is 13.7 Å². The Balaban J connectivity index is 4.04. The molecule has 0 fully saturated rings. The first kappa shape index (κ1) is 13.9. The number of carboxylic acid groups (broad SMARTS) is 1. The van der Waals surface area contributed by atoms with Gasteiger partial charge >= 0.3 is 5.97 Å². The van der Waals surface area contributed by atoms with Crippen molar-refractivity contribution < 1.29 is 19.4 Å². The molecule has 0 aliphatic heterocycles. The van der Waals surface area contributed by atoms with Gasteiger partial charge in [0.15, 0.2) is 0 Å². The Bertz CT molecular complexity index is 220. The summed E-state index contributed by atoms with van der Waals surface area (Å²) in [5.74, 6) is -1.51. The number of rotatable bonds is 7. The van der Waals surface area contributed by atoms with Gasteiger partial charge in [-0.3, -0.25) is 4.79 Å². The summed E-state index contributed by atoms with van der Waals surface area (Å²) in [4.78, 5) is 22.0. The Kier molecular flexibility index (Phi) is 6.64. The number of amides is 1. The predicted molar refractivity (Wildman–Crippen MR) is 54.3 cm³/mol. The normalized spacial score (nSPS) is 14.3. The van der Waals surface area contributed by atoms with Gasteiger partial charge in [-0.05, 0) is 12.8 Å². The molecule has 0 saturated heterocycles. The van der Waals surface area contributed by atoms with Gasteiger partial charge < -0.3 is 20.9 Å². The third-order valence-corrected chi connectivity index (χ3v) is 1.99. The fourth-order valence-electron chi connectivity index (χ4n) is 0.993. The summed E-state index contributed by atoms with van der Waals surface area (Å²) in [5, 5.41) is 11.1. The van der Waals surface area contributed by atoms with Crippen LogP contribution in [-0.2, 0) is 14.3 Å². The van der Waals surface area contributed by atoms with Gasteiger partial charge in [0.05, 0.1) is 6.04 Å². The molecular formula is C9H18N2O4. The molecule has 2 atom stereocenters. The first-order chi connectivity index (χ1) is 7.02. The molecule has 0 aromatic rings. The van der Waals surface area contributed by atoms with Gasteiger partial charge in [0.1, 0.15) is 6.04 Å². The van der Waals surface area contributed by atoms with E-state index < -0.39 is 24.0 Å². The topological polar surface area (TPSA) is 102 Å². The Labute approximate surface area is 88.8 Å².